The van der Waals surface area contributed by atoms with Crippen molar-refractivity contribution < 1.29 is 4.79 Å². The highest BCUT2D eigenvalue weighted by atomic mass is 35.5. The number of benzene rings is 1. The Morgan fingerprint density at radius 1 is 1.18 bits per heavy atom. The van der Waals surface area contributed by atoms with Gasteiger partial charge < -0.3 is 4.98 Å². The topological polar surface area (TPSA) is 48.1 Å². The second kappa shape index (κ2) is 10.8. The molecule has 2 aliphatic carbocycles. The fourth-order valence-electron chi connectivity index (χ4n) is 5.74. The van der Waals surface area contributed by atoms with Crippen LogP contribution in [0.25, 0.3) is 17.3 Å². The van der Waals surface area contributed by atoms with Crippen LogP contribution in [-0.4, -0.2) is 32.7 Å². The highest BCUT2D eigenvalue weighted by molar-refractivity contribution is 8.26. The minimum atomic E-state index is 0.0781. The summed E-state index contributed by atoms with van der Waals surface area (Å²) in [6.45, 7) is 0.809. The molecule has 0 spiro atoms. The summed E-state index contributed by atoms with van der Waals surface area (Å²) in [6.07, 6.45) is 11.0. The number of nitrogens with one attached hydrogen (secondary N) is 2. The van der Waals surface area contributed by atoms with Gasteiger partial charge in [-0.2, -0.15) is 0 Å². The van der Waals surface area contributed by atoms with E-state index in [1.807, 2.05) is 35.2 Å². The number of halogens is 2. The van der Waals surface area contributed by atoms with E-state index in [1.54, 1.807) is 0 Å². The molecule has 2 bridgehead atoms. The second-order valence-corrected chi connectivity index (χ2v) is 12.0. The zero-order chi connectivity index (χ0) is 23.7. The lowest BCUT2D eigenvalue weighted by atomic mass is 9.94. The Hall–Kier alpha value is -1.31. The first-order valence-electron chi connectivity index (χ1n) is 12.1. The van der Waals surface area contributed by atoms with Gasteiger partial charge in [0.2, 0.25) is 0 Å². The number of hydrogen-bond donors (Lipinski definition) is 2. The Morgan fingerprint density at radius 3 is 2.71 bits per heavy atom. The molecule has 1 aromatic heterocycles. The van der Waals surface area contributed by atoms with E-state index in [0.717, 1.165) is 66.4 Å². The first-order chi connectivity index (χ1) is 16.5. The molecule has 1 saturated heterocycles. The van der Waals surface area contributed by atoms with Crippen LogP contribution < -0.4 is 4.84 Å². The first kappa shape index (κ1) is 24.4. The van der Waals surface area contributed by atoms with Crippen LogP contribution in [0.15, 0.2) is 35.2 Å². The van der Waals surface area contributed by atoms with Gasteiger partial charge in [-0.25, -0.2) is 4.84 Å². The molecule has 1 amide bonds. The maximum atomic E-state index is 13.4. The molecule has 3 aliphatic rings. The van der Waals surface area contributed by atoms with Crippen LogP contribution in [0.5, 0.6) is 0 Å². The standard InChI is InChI=1S/C26H29Cl2N3OS2/c27-20-9-7-17(8-10-20)21-14-18(4-2-1-3-11-29-28)22(30-21)15-24-25(32)31(26(33)34-24)23-13-16-5-6-19(23)12-16/h7-10,14-16,19,23,29-30H,1-6,11-13H2/b24-15-. The number of amides is 1. The lowest BCUT2D eigenvalue weighted by Gasteiger charge is -2.30. The molecule has 180 valence electrons. The summed E-state index contributed by atoms with van der Waals surface area (Å²) in [7, 11) is 0. The molecule has 5 rings (SSSR count). The van der Waals surface area contributed by atoms with E-state index in [-0.39, 0.29) is 5.91 Å². The second-order valence-electron chi connectivity index (χ2n) is 9.62. The van der Waals surface area contributed by atoms with Gasteiger partial charge in [-0.3, -0.25) is 9.69 Å². The van der Waals surface area contributed by atoms with Crippen LogP contribution in [0, 0.1) is 11.8 Å². The number of unbranched alkanes of at least 4 members (excludes halogenated alkanes) is 2. The van der Waals surface area contributed by atoms with E-state index >= 15 is 0 Å². The lowest BCUT2D eigenvalue weighted by Crippen LogP contribution is -2.41. The van der Waals surface area contributed by atoms with Crippen molar-refractivity contribution in [1.29, 1.82) is 0 Å². The lowest BCUT2D eigenvalue weighted by molar-refractivity contribution is -0.124. The maximum absolute atomic E-state index is 13.4. The van der Waals surface area contributed by atoms with E-state index in [9.17, 15) is 4.79 Å². The van der Waals surface area contributed by atoms with Crippen molar-refractivity contribution in [1.82, 2.24) is 14.7 Å². The van der Waals surface area contributed by atoms with Crippen LogP contribution in [-0.2, 0) is 11.2 Å². The summed E-state index contributed by atoms with van der Waals surface area (Å²) in [4.78, 5) is 22.4. The van der Waals surface area contributed by atoms with E-state index in [0.29, 0.717) is 21.3 Å². The van der Waals surface area contributed by atoms with Crippen LogP contribution >= 0.6 is 47.4 Å². The predicted molar refractivity (Wildman–Crippen MR) is 147 cm³/mol. The van der Waals surface area contributed by atoms with Gasteiger partial charge >= 0.3 is 0 Å². The van der Waals surface area contributed by atoms with Crippen molar-refractivity contribution >= 4 is 63.7 Å². The van der Waals surface area contributed by atoms with Crippen molar-refractivity contribution in [2.45, 2.75) is 57.4 Å². The van der Waals surface area contributed by atoms with Crippen molar-refractivity contribution in [3.05, 3.63) is 51.5 Å². The van der Waals surface area contributed by atoms with Crippen molar-refractivity contribution in [2.24, 2.45) is 11.8 Å². The molecule has 4 nitrogen and oxygen atoms in total. The number of aryl methyl sites for hydroxylation is 1. The summed E-state index contributed by atoms with van der Waals surface area (Å²) >= 11 is 18.8. The zero-order valence-electron chi connectivity index (χ0n) is 19.0. The Morgan fingerprint density at radius 2 is 2.00 bits per heavy atom. The van der Waals surface area contributed by atoms with Gasteiger partial charge in [-0.1, -0.05) is 60.6 Å². The molecule has 2 aromatic rings. The number of H-pyrrole nitrogens is 1. The highest BCUT2D eigenvalue weighted by Crippen LogP contribution is 2.49. The molecule has 3 atom stereocenters. The molecule has 8 heteroatoms. The minimum Gasteiger partial charge on any atom is -0.355 e. The van der Waals surface area contributed by atoms with Crippen LogP contribution in [0.4, 0.5) is 0 Å². The normalized spacial score (nSPS) is 25.3. The molecule has 0 radical (unpaired) electrons. The highest BCUT2D eigenvalue weighted by Gasteiger charge is 2.48. The first-order valence-corrected chi connectivity index (χ1v) is 14.1. The molecule has 2 saturated carbocycles. The number of hydrogen-bond acceptors (Lipinski definition) is 4. The summed E-state index contributed by atoms with van der Waals surface area (Å²) in [5.74, 6) is 1.47. The number of rotatable bonds is 9. The molecule has 3 fully saturated rings. The Kier molecular flexibility index (Phi) is 7.71. The maximum Gasteiger partial charge on any atom is 0.266 e. The molecule has 34 heavy (non-hydrogen) atoms. The van der Waals surface area contributed by atoms with Gasteiger partial charge in [0.1, 0.15) is 4.32 Å². The minimum absolute atomic E-state index is 0.0781. The van der Waals surface area contributed by atoms with Gasteiger partial charge in [0.25, 0.3) is 5.91 Å². The van der Waals surface area contributed by atoms with Gasteiger partial charge in [0.15, 0.2) is 0 Å². The Labute approximate surface area is 221 Å². The fourth-order valence-corrected chi connectivity index (χ4v) is 7.36. The Balaban J connectivity index is 1.39. The number of aromatic nitrogens is 1. The summed E-state index contributed by atoms with van der Waals surface area (Å²) < 4.78 is 0.716. The van der Waals surface area contributed by atoms with Crippen molar-refractivity contribution in [3.63, 3.8) is 0 Å². The fraction of sp³-hybridized carbons (Fsp3) is 0.462. The number of carbonyl (C=O) groups excluding carboxylic acids is 1. The average molecular weight is 535 g/mol. The van der Waals surface area contributed by atoms with E-state index in [1.165, 1.54) is 36.6 Å². The van der Waals surface area contributed by atoms with Gasteiger partial charge in [-0.15, -0.1) is 0 Å². The zero-order valence-corrected chi connectivity index (χ0v) is 22.1. The van der Waals surface area contributed by atoms with Crippen LogP contribution in [0.2, 0.25) is 5.02 Å². The SMILES string of the molecule is O=C1/C(=C/c2[nH]c(-c3ccc(Cl)cc3)cc2CCCCCNCl)SC(=S)N1C1CC2CCC1C2. The molecule has 2 heterocycles. The van der Waals surface area contributed by atoms with E-state index < -0.39 is 0 Å². The quantitative estimate of drug-likeness (QED) is 0.155. The molecule has 1 aliphatic heterocycles. The number of aromatic amines is 1. The number of carbonyl (C=O) groups is 1. The van der Waals surface area contributed by atoms with Gasteiger partial charge in [0, 0.05) is 29.0 Å². The van der Waals surface area contributed by atoms with Crippen LogP contribution in [0.3, 0.4) is 0 Å². The van der Waals surface area contributed by atoms with E-state index in [4.69, 9.17) is 35.6 Å². The number of thiocarbonyl (C=S) groups is 1. The third-order valence-corrected chi connectivity index (χ3v) is 9.21. The molecule has 3 unspecified atom stereocenters. The Bertz CT molecular complexity index is 1100. The number of fused-ring (bicyclic) bond motifs is 2. The summed E-state index contributed by atoms with van der Waals surface area (Å²) in [5, 5.41) is 0.716. The molecule has 2 N–H and O–H groups in total. The molecule has 1 aromatic carbocycles. The van der Waals surface area contributed by atoms with Crippen molar-refractivity contribution in [3.8, 4) is 11.3 Å². The monoisotopic (exact) mass is 533 g/mol. The summed E-state index contributed by atoms with van der Waals surface area (Å²) in [6, 6.07) is 10.3. The number of thioether (sulfide) groups is 1. The van der Waals surface area contributed by atoms with Gasteiger partial charge in [-0.05, 0) is 97.5 Å². The van der Waals surface area contributed by atoms with Crippen molar-refractivity contribution in [2.75, 3.05) is 6.54 Å². The third kappa shape index (κ3) is 5.12. The molecular weight excluding hydrogens is 505 g/mol. The third-order valence-electron chi connectivity index (χ3n) is 7.44. The number of nitrogens with zero attached hydrogens (tertiary/aromatic N) is 1. The van der Waals surface area contributed by atoms with E-state index in [2.05, 4.69) is 15.9 Å². The smallest absolute Gasteiger partial charge is 0.266 e. The largest absolute Gasteiger partial charge is 0.355 e. The predicted octanol–water partition coefficient (Wildman–Crippen LogP) is 7.18. The molecular formula is C26H29Cl2N3OS2. The van der Waals surface area contributed by atoms with Gasteiger partial charge in [0.05, 0.1) is 4.91 Å². The summed E-state index contributed by atoms with van der Waals surface area (Å²) in [5.41, 5.74) is 4.32. The average Bonchev–Trinajstić information content (AvgIpc) is 3.59. The van der Waals surface area contributed by atoms with Crippen LogP contribution in [0.1, 0.15) is 56.2 Å².